The average molecular weight is 767 g/mol. The van der Waals surface area contributed by atoms with Crippen LogP contribution in [0.25, 0.3) is 42.7 Å². The summed E-state index contributed by atoms with van der Waals surface area (Å²) in [6.07, 6.45) is 6.97. The van der Waals surface area contributed by atoms with E-state index in [0.29, 0.717) is 12.5 Å². The normalized spacial score (nSPS) is 21.7. The van der Waals surface area contributed by atoms with E-state index in [-0.39, 0.29) is 35.9 Å². The second-order valence-electron chi connectivity index (χ2n) is 15.2. The van der Waals surface area contributed by atoms with Gasteiger partial charge in [-0.1, -0.05) is 38.1 Å². The Morgan fingerprint density at radius 1 is 0.818 bits per heavy atom. The molecule has 5 aromatic rings. The number of nitrogens with zero attached hydrogens (tertiary/aromatic N) is 4. The van der Waals surface area contributed by atoms with Crippen LogP contribution in [-0.4, -0.2) is 92.6 Å². The van der Waals surface area contributed by atoms with E-state index < -0.39 is 24.3 Å². The van der Waals surface area contributed by atoms with Crippen molar-refractivity contribution in [1.82, 2.24) is 40.4 Å². The number of ether oxygens (including phenoxy) is 2. The Labute approximate surface area is 322 Å². The number of carbonyl (C=O) groups excluding carboxylic acids is 4. The summed E-state index contributed by atoms with van der Waals surface area (Å²) in [5.74, 6) is 1.44. The van der Waals surface area contributed by atoms with Crippen LogP contribution in [0, 0.1) is 11.8 Å². The van der Waals surface area contributed by atoms with Gasteiger partial charge < -0.3 is 39.9 Å². The number of amides is 4. The summed E-state index contributed by atoms with van der Waals surface area (Å²) < 4.78 is 11.8. The second kappa shape index (κ2) is 14.7. The minimum atomic E-state index is -0.705. The number of carbonyl (C=O) groups is 4. The maximum Gasteiger partial charge on any atom is 0.407 e. The second-order valence-corrected chi connectivity index (χ2v) is 16.3. The fraction of sp³-hybridized carbons (Fsp3) is 0.450. The first-order chi connectivity index (χ1) is 26.5. The van der Waals surface area contributed by atoms with E-state index >= 15 is 0 Å². The van der Waals surface area contributed by atoms with Crippen molar-refractivity contribution in [1.29, 1.82) is 0 Å². The van der Waals surface area contributed by atoms with Crippen LogP contribution < -0.4 is 10.6 Å². The molecular weight excluding hydrogens is 721 g/mol. The highest BCUT2D eigenvalue weighted by Gasteiger charge is 2.50. The number of alkyl carbamates (subject to hydrolysis) is 2. The van der Waals surface area contributed by atoms with Gasteiger partial charge in [-0.3, -0.25) is 9.59 Å². The Bertz CT molecular complexity index is 2280. The highest BCUT2D eigenvalue weighted by molar-refractivity contribution is 7.25. The van der Waals surface area contributed by atoms with E-state index in [1.54, 1.807) is 18.3 Å². The van der Waals surface area contributed by atoms with Crippen LogP contribution >= 0.6 is 11.3 Å². The Kier molecular flexibility index (Phi) is 9.74. The standard InChI is InChI=1S/C40H46N8O6S/c1-20(2)33(46-40(52)54-5)38(50)47-14-6-7-30(47)35-41-18-28(44-35)22-9-12-26-27-13-10-23(17-32(27)55-31(26)16-22)29-19-42-36(45-29)34-24-8-11-25(15-24)48(34)37(49)21(3)43-39(51)53-4/h9-10,12-13,16-21,24-25,30,33-34H,6-8,11,14-15H2,1-5H3,(H,41,44)(H,42,45)(H,43,51)(H,46,52)/t21-,24-,25+,30-,33-,34-/m0/s1. The predicted octanol–water partition coefficient (Wildman–Crippen LogP) is 6.68. The van der Waals surface area contributed by atoms with E-state index in [2.05, 4.69) is 57.0 Å². The quantitative estimate of drug-likeness (QED) is 0.129. The molecular formula is C40H46N8O6S. The number of piperidine rings is 1. The predicted molar refractivity (Wildman–Crippen MR) is 208 cm³/mol. The Hall–Kier alpha value is -5.44. The molecule has 4 amide bonds. The fourth-order valence-electron chi connectivity index (χ4n) is 8.77. The van der Waals surface area contributed by atoms with Crippen molar-refractivity contribution in [3.63, 3.8) is 0 Å². The summed E-state index contributed by atoms with van der Waals surface area (Å²) in [5, 5.41) is 7.66. The van der Waals surface area contributed by atoms with Crippen LogP contribution in [0.15, 0.2) is 48.8 Å². The summed E-state index contributed by atoms with van der Waals surface area (Å²) in [5.41, 5.74) is 3.77. The molecule has 1 aliphatic carbocycles. The number of H-pyrrole nitrogens is 2. The molecule has 15 heteroatoms. The molecule has 2 saturated heterocycles. The van der Waals surface area contributed by atoms with E-state index in [1.807, 2.05) is 36.0 Å². The van der Waals surface area contributed by atoms with E-state index in [4.69, 9.17) is 19.4 Å². The summed E-state index contributed by atoms with van der Waals surface area (Å²) in [6.45, 7) is 6.09. The van der Waals surface area contributed by atoms with Crippen molar-refractivity contribution in [3.8, 4) is 22.5 Å². The van der Waals surface area contributed by atoms with Crippen LogP contribution in [0.4, 0.5) is 9.59 Å². The Balaban J connectivity index is 1.01. The number of rotatable bonds is 9. The monoisotopic (exact) mass is 766 g/mol. The number of nitrogens with one attached hydrogen (secondary N) is 4. The van der Waals surface area contributed by atoms with Gasteiger partial charge in [0.05, 0.1) is 50.1 Å². The fourth-order valence-corrected chi connectivity index (χ4v) is 9.95. The third-order valence-corrected chi connectivity index (χ3v) is 12.7. The molecule has 8 rings (SSSR count). The molecule has 4 N–H and O–H groups in total. The van der Waals surface area contributed by atoms with Gasteiger partial charge in [-0.15, -0.1) is 11.3 Å². The van der Waals surface area contributed by atoms with Gasteiger partial charge in [-0.05, 0) is 63.0 Å². The molecule has 2 aliphatic heterocycles. The zero-order chi connectivity index (χ0) is 38.5. The lowest BCUT2D eigenvalue weighted by Gasteiger charge is -2.36. The first-order valence-electron chi connectivity index (χ1n) is 18.9. The zero-order valence-electron chi connectivity index (χ0n) is 31.5. The van der Waals surface area contributed by atoms with Gasteiger partial charge >= 0.3 is 12.2 Å². The van der Waals surface area contributed by atoms with Gasteiger partial charge in [0.2, 0.25) is 11.8 Å². The molecule has 2 aromatic carbocycles. The van der Waals surface area contributed by atoms with Crippen molar-refractivity contribution in [2.24, 2.45) is 11.8 Å². The topological polar surface area (TPSA) is 175 Å². The van der Waals surface area contributed by atoms with Gasteiger partial charge in [0.1, 0.15) is 23.7 Å². The molecule has 0 unspecified atom stereocenters. The van der Waals surface area contributed by atoms with Crippen LogP contribution in [0.1, 0.15) is 76.6 Å². The van der Waals surface area contributed by atoms with Crippen LogP contribution in [-0.2, 0) is 19.1 Å². The van der Waals surface area contributed by atoms with Crippen LogP contribution in [0.3, 0.4) is 0 Å². The molecule has 3 aromatic heterocycles. The smallest absolute Gasteiger partial charge is 0.407 e. The highest BCUT2D eigenvalue weighted by atomic mass is 32.1. The van der Waals surface area contributed by atoms with Crippen molar-refractivity contribution in [3.05, 3.63) is 60.4 Å². The van der Waals surface area contributed by atoms with Gasteiger partial charge in [-0.2, -0.15) is 0 Å². The summed E-state index contributed by atoms with van der Waals surface area (Å²) in [6, 6.07) is 11.2. The first-order valence-corrected chi connectivity index (χ1v) is 19.7. The molecule has 3 fully saturated rings. The lowest BCUT2D eigenvalue weighted by Crippen LogP contribution is -2.51. The molecule has 5 heterocycles. The number of fused-ring (bicyclic) bond motifs is 5. The number of benzene rings is 2. The summed E-state index contributed by atoms with van der Waals surface area (Å²) >= 11 is 1.72. The zero-order valence-corrected chi connectivity index (χ0v) is 32.4. The van der Waals surface area contributed by atoms with Gasteiger partial charge in [0.25, 0.3) is 0 Å². The van der Waals surface area contributed by atoms with Gasteiger partial charge in [0, 0.05) is 43.9 Å². The molecule has 2 bridgehead atoms. The summed E-state index contributed by atoms with van der Waals surface area (Å²) in [4.78, 5) is 71.3. The molecule has 0 radical (unpaired) electrons. The van der Waals surface area contributed by atoms with Gasteiger partial charge in [0.15, 0.2) is 0 Å². The van der Waals surface area contributed by atoms with Crippen LogP contribution in [0.5, 0.6) is 0 Å². The van der Waals surface area contributed by atoms with E-state index in [9.17, 15) is 19.2 Å². The molecule has 1 saturated carbocycles. The van der Waals surface area contributed by atoms with Crippen molar-refractivity contribution in [2.45, 2.75) is 83.1 Å². The van der Waals surface area contributed by atoms with E-state index in [1.165, 1.54) is 14.2 Å². The molecule has 55 heavy (non-hydrogen) atoms. The molecule has 14 nitrogen and oxygen atoms in total. The third-order valence-electron chi connectivity index (χ3n) is 11.5. The lowest BCUT2D eigenvalue weighted by atomic mass is 9.97. The number of aromatic amines is 2. The maximum atomic E-state index is 13.6. The number of likely N-dealkylation sites (tertiary alicyclic amines) is 2. The van der Waals surface area contributed by atoms with Gasteiger partial charge in [-0.25, -0.2) is 19.6 Å². The molecule has 6 atom stereocenters. The number of imidazole rings is 2. The van der Waals surface area contributed by atoms with E-state index in [0.717, 1.165) is 86.4 Å². The molecule has 288 valence electrons. The Morgan fingerprint density at radius 2 is 1.44 bits per heavy atom. The van der Waals surface area contributed by atoms with Crippen molar-refractivity contribution >= 4 is 55.5 Å². The third kappa shape index (κ3) is 6.68. The number of thiophene rings is 1. The molecule has 3 aliphatic rings. The first kappa shape index (κ1) is 36.5. The van der Waals surface area contributed by atoms with Crippen molar-refractivity contribution in [2.75, 3.05) is 20.8 Å². The SMILES string of the molecule is COC(=O)N[C@@H](C)C(=O)N1[C@@H]2CC[C@@H](C2)[C@H]1c1ncc(-c2ccc3c(c2)sc2cc(-c4cnc([C@@H]5CCCN5C(=O)[C@@H](NC(=O)OC)C(C)C)[nH]4)ccc23)[nH]1. The van der Waals surface area contributed by atoms with Crippen molar-refractivity contribution < 1.29 is 28.7 Å². The number of hydrogen-bond acceptors (Lipinski definition) is 9. The highest BCUT2D eigenvalue weighted by Crippen LogP contribution is 2.50. The maximum absolute atomic E-state index is 13.6. The largest absolute Gasteiger partial charge is 0.453 e. The number of methoxy groups -OCH3 is 2. The number of aromatic nitrogens is 4. The molecule has 0 spiro atoms. The number of hydrogen-bond donors (Lipinski definition) is 4. The average Bonchev–Trinajstić information content (AvgIpc) is 4.04. The minimum absolute atomic E-state index is 0.107. The minimum Gasteiger partial charge on any atom is -0.453 e. The Morgan fingerprint density at radius 3 is 2.07 bits per heavy atom. The summed E-state index contributed by atoms with van der Waals surface area (Å²) in [7, 11) is 2.58. The van der Waals surface area contributed by atoms with Crippen LogP contribution in [0.2, 0.25) is 0 Å². The lowest BCUT2D eigenvalue weighted by molar-refractivity contribution is -0.138.